The highest BCUT2D eigenvalue weighted by atomic mass is 28.3. The van der Waals surface area contributed by atoms with Crippen LogP contribution in [0.1, 0.15) is 114 Å². The van der Waals surface area contributed by atoms with E-state index in [4.69, 9.17) is 5.11 Å². The standard InChI is InChI=1S/C28H51NO2Si/c1-4-5-17-24-32(2,3)25-18-15-13-11-9-7-6-8-10-12-14-16-23-29-27-21-19-26(20-22-27)28(30)31/h19-22,29H,4-18,23-25H2,1-3H3,(H,30,31). The molecule has 0 aromatic heterocycles. The molecule has 0 aliphatic heterocycles. The molecule has 4 heteroatoms. The minimum Gasteiger partial charge on any atom is -0.478 e. The molecule has 0 fully saturated rings. The number of rotatable bonds is 21. The van der Waals surface area contributed by atoms with Gasteiger partial charge in [-0.2, -0.15) is 0 Å². The Labute approximate surface area is 199 Å². The second-order valence-electron chi connectivity index (χ2n) is 10.4. The van der Waals surface area contributed by atoms with Crippen molar-refractivity contribution in [3.63, 3.8) is 0 Å². The average Bonchev–Trinajstić information content (AvgIpc) is 2.76. The molecule has 0 saturated heterocycles. The van der Waals surface area contributed by atoms with Crippen molar-refractivity contribution < 1.29 is 9.90 Å². The zero-order valence-corrected chi connectivity index (χ0v) is 22.4. The number of benzene rings is 1. The molecule has 32 heavy (non-hydrogen) atoms. The molecule has 0 unspecified atom stereocenters. The van der Waals surface area contributed by atoms with E-state index >= 15 is 0 Å². The van der Waals surface area contributed by atoms with Crippen molar-refractivity contribution >= 4 is 19.7 Å². The molecule has 3 nitrogen and oxygen atoms in total. The Morgan fingerprint density at radius 3 is 1.62 bits per heavy atom. The predicted molar refractivity (Wildman–Crippen MR) is 144 cm³/mol. The molecule has 0 atom stereocenters. The Morgan fingerprint density at radius 1 is 0.719 bits per heavy atom. The van der Waals surface area contributed by atoms with Gasteiger partial charge in [0, 0.05) is 20.3 Å². The van der Waals surface area contributed by atoms with E-state index in [1.165, 1.54) is 96.3 Å². The zero-order chi connectivity index (χ0) is 23.5. The molecule has 0 spiro atoms. The van der Waals surface area contributed by atoms with Gasteiger partial charge < -0.3 is 10.4 Å². The van der Waals surface area contributed by atoms with Gasteiger partial charge in [-0.15, -0.1) is 0 Å². The second kappa shape index (κ2) is 18.2. The molecule has 1 rings (SSSR count). The summed E-state index contributed by atoms with van der Waals surface area (Å²) in [6, 6.07) is 10.1. The number of carbonyl (C=O) groups is 1. The molecule has 1 aromatic rings. The van der Waals surface area contributed by atoms with Gasteiger partial charge in [0.1, 0.15) is 0 Å². The number of carboxylic acid groups (broad SMARTS) is 1. The van der Waals surface area contributed by atoms with Crippen LogP contribution >= 0.6 is 0 Å². The van der Waals surface area contributed by atoms with E-state index in [0.717, 1.165) is 12.2 Å². The fourth-order valence-corrected chi connectivity index (χ4v) is 7.10. The first kappa shape index (κ1) is 28.7. The van der Waals surface area contributed by atoms with E-state index in [9.17, 15) is 4.79 Å². The Kier molecular flexibility index (Phi) is 16.3. The number of unbranched alkanes of at least 4 members (excludes halogenated alkanes) is 13. The van der Waals surface area contributed by atoms with Gasteiger partial charge in [0.25, 0.3) is 0 Å². The lowest BCUT2D eigenvalue weighted by Gasteiger charge is -2.22. The Bertz CT molecular complexity index is 586. The van der Waals surface area contributed by atoms with E-state index in [-0.39, 0.29) is 0 Å². The molecule has 1 aromatic carbocycles. The number of hydrogen-bond acceptors (Lipinski definition) is 2. The summed E-state index contributed by atoms with van der Waals surface area (Å²) in [7, 11) is -0.890. The highest BCUT2D eigenvalue weighted by molar-refractivity contribution is 6.77. The van der Waals surface area contributed by atoms with Crippen LogP contribution in [0.15, 0.2) is 24.3 Å². The first-order valence-electron chi connectivity index (χ1n) is 13.5. The van der Waals surface area contributed by atoms with Crippen LogP contribution in [0.5, 0.6) is 0 Å². The molecule has 0 saturated carbocycles. The molecule has 0 aliphatic carbocycles. The lowest BCUT2D eigenvalue weighted by atomic mass is 10.1. The maximum absolute atomic E-state index is 10.9. The lowest BCUT2D eigenvalue weighted by Crippen LogP contribution is -2.24. The number of aromatic carboxylic acids is 1. The first-order valence-corrected chi connectivity index (χ1v) is 16.9. The van der Waals surface area contributed by atoms with Crippen molar-refractivity contribution in [3.05, 3.63) is 29.8 Å². The molecule has 0 amide bonds. The van der Waals surface area contributed by atoms with Crippen molar-refractivity contribution in [1.29, 1.82) is 0 Å². The van der Waals surface area contributed by atoms with Crippen LogP contribution in [0, 0.1) is 0 Å². The fraction of sp³-hybridized carbons (Fsp3) is 0.750. The Morgan fingerprint density at radius 2 is 1.16 bits per heavy atom. The van der Waals surface area contributed by atoms with Gasteiger partial charge in [0.15, 0.2) is 0 Å². The summed E-state index contributed by atoms with van der Waals surface area (Å²) in [6.07, 6.45) is 20.9. The van der Waals surface area contributed by atoms with E-state index in [2.05, 4.69) is 25.3 Å². The van der Waals surface area contributed by atoms with Gasteiger partial charge in [-0.3, -0.25) is 0 Å². The van der Waals surface area contributed by atoms with Crippen LogP contribution in [0.25, 0.3) is 0 Å². The van der Waals surface area contributed by atoms with Crippen LogP contribution in [0.2, 0.25) is 25.2 Å². The Hall–Kier alpha value is -1.29. The summed E-state index contributed by atoms with van der Waals surface area (Å²) >= 11 is 0. The van der Waals surface area contributed by atoms with Crippen molar-refractivity contribution in [1.82, 2.24) is 0 Å². The Balaban J connectivity index is 1.83. The van der Waals surface area contributed by atoms with Gasteiger partial charge in [-0.25, -0.2) is 4.79 Å². The summed E-state index contributed by atoms with van der Waals surface area (Å²) in [6.45, 7) is 8.47. The third kappa shape index (κ3) is 15.5. The van der Waals surface area contributed by atoms with Crippen LogP contribution < -0.4 is 5.32 Å². The predicted octanol–water partition coefficient (Wildman–Crippen LogP) is 9.38. The molecule has 0 aliphatic rings. The quantitative estimate of drug-likeness (QED) is 0.141. The fourth-order valence-electron chi connectivity index (χ4n) is 4.44. The summed E-state index contributed by atoms with van der Waals surface area (Å²) in [5.74, 6) is -0.870. The highest BCUT2D eigenvalue weighted by Gasteiger charge is 2.18. The normalized spacial score (nSPS) is 11.6. The van der Waals surface area contributed by atoms with E-state index < -0.39 is 14.0 Å². The maximum atomic E-state index is 10.9. The third-order valence-electron chi connectivity index (χ3n) is 6.70. The van der Waals surface area contributed by atoms with E-state index in [1.54, 1.807) is 24.2 Å². The van der Waals surface area contributed by atoms with Gasteiger partial charge in [0.05, 0.1) is 5.56 Å². The minimum absolute atomic E-state index is 0.342. The molecular weight excluding hydrogens is 410 g/mol. The molecule has 0 heterocycles. The number of anilines is 1. The van der Waals surface area contributed by atoms with Crippen molar-refractivity contribution in [2.24, 2.45) is 0 Å². The third-order valence-corrected chi connectivity index (χ3v) is 10.1. The van der Waals surface area contributed by atoms with E-state index in [1.807, 2.05) is 12.1 Å². The van der Waals surface area contributed by atoms with Crippen LogP contribution in [0.3, 0.4) is 0 Å². The van der Waals surface area contributed by atoms with Crippen LogP contribution in [0.4, 0.5) is 5.69 Å². The number of hydrogen-bond donors (Lipinski definition) is 2. The lowest BCUT2D eigenvalue weighted by molar-refractivity contribution is 0.0697. The number of carboxylic acids is 1. The molecule has 0 bridgehead atoms. The highest BCUT2D eigenvalue weighted by Crippen LogP contribution is 2.23. The largest absolute Gasteiger partial charge is 0.478 e. The maximum Gasteiger partial charge on any atom is 0.335 e. The average molecular weight is 462 g/mol. The molecular formula is C28H51NO2Si. The van der Waals surface area contributed by atoms with Crippen molar-refractivity contribution in [2.45, 2.75) is 128 Å². The summed E-state index contributed by atoms with van der Waals surface area (Å²) in [5, 5.41) is 12.3. The van der Waals surface area contributed by atoms with Crippen LogP contribution in [-0.2, 0) is 0 Å². The SMILES string of the molecule is CCCCC[Si](C)(C)CCCCCCCCCCCCCCNc1ccc(C(=O)O)cc1. The summed E-state index contributed by atoms with van der Waals surface area (Å²) in [5.41, 5.74) is 1.35. The first-order chi connectivity index (χ1) is 15.4. The monoisotopic (exact) mass is 461 g/mol. The van der Waals surface area contributed by atoms with Gasteiger partial charge in [0.2, 0.25) is 0 Å². The summed E-state index contributed by atoms with van der Waals surface area (Å²) < 4.78 is 0. The van der Waals surface area contributed by atoms with Gasteiger partial charge in [-0.1, -0.05) is 122 Å². The van der Waals surface area contributed by atoms with Crippen LogP contribution in [-0.4, -0.2) is 25.7 Å². The smallest absolute Gasteiger partial charge is 0.335 e. The molecule has 184 valence electrons. The summed E-state index contributed by atoms with van der Waals surface area (Å²) in [4.78, 5) is 10.9. The number of nitrogens with one attached hydrogen (secondary N) is 1. The topological polar surface area (TPSA) is 49.3 Å². The van der Waals surface area contributed by atoms with Crippen molar-refractivity contribution in [2.75, 3.05) is 11.9 Å². The van der Waals surface area contributed by atoms with Gasteiger partial charge >= 0.3 is 5.97 Å². The van der Waals surface area contributed by atoms with Crippen molar-refractivity contribution in [3.8, 4) is 0 Å². The minimum atomic E-state index is -0.890. The van der Waals surface area contributed by atoms with E-state index in [0.29, 0.717) is 5.56 Å². The second-order valence-corrected chi connectivity index (χ2v) is 15.8. The zero-order valence-electron chi connectivity index (χ0n) is 21.4. The molecule has 0 radical (unpaired) electrons. The molecule has 2 N–H and O–H groups in total. The van der Waals surface area contributed by atoms with Gasteiger partial charge in [-0.05, 0) is 30.7 Å².